The molecule has 1 aliphatic carbocycles. The zero-order valence-corrected chi connectivity index (χ0v) is 13.9. The quantitative estimate of drug-likeness (QED) is 0.818. The first-order chi connectivity index (χ1) is 11.7. The van der Waals surface area contributed by atoms with E-state index in [4.69, 9.17) is 9.84 Å². The van der Waals surface area contributed by atoms with Gasteiger partial charge in [-0.25, -0.2) is 0 Å². The molecule has 2 aromatic rings. The van der Waals surface area contributed by atoms with Crippen molar-refractivity contribution < 1.29 is 14.6 Å². The standard InChI is InChI=1S/C21H24O3/c22-21(23)14-16-6-8-17(9-7-16)15-24-20-12-10-19(11-13-20)18-4-2-1-3-5-18/h6-13,18H,1-5,14-15H2,(H,22,23). The molecule has 3 heteroatoms. The number of aliphatic carboxylic acids is 1. The summed E-state index contributed by atoms with van der Waals surface area (Å²) in [6.45, 7) is 0.496. The van der Waals surface area contributed by atoms with Crippen molar-refractivity contribution in [2.75, 3.05) is 0 Å². The van der Waals surface area contributed by atoms with E-state index in [2.05, 4.69) is 24.3 Å². The Bertz CT molecular complexity index is 652. The number of benzene rings is 2. The molecule has 24 heavy (non-hydrogen) atoms. The Labute approximate surface area is 143 Å². The fraction of sp³-hybridized carbons (Fsp3) is 0.381. The Balaban J connectivity index is 1.53. The monoisotopic (exact) mass is 324 g/mol. The second-order valence-corrected chi connectivity index (χ2v) is 6.58. The Morgan fingerprint density at radius 3 is 2.17 bits per heavy atom. The van der Waals surface area contributed by atoms with Gasteiger partial charge in [0.2, 0.25) is 0 Å². The molecule has 0 bridgehead atoms. The van der Waals surface area contributed by atoms with Crippen LogP contribution in [0.25, 0.3) is 0 Å². The molecule has 0 saturated heterocycles. The number of hydrogen-bond acceptors (Lipinski definition) is 2. The third-order valence-corrected chi connectivity index (χ3v) is 4.74. The summed E-state index contributed by atoms with van der Waals surface area (Å²) >= 11 is 0. The highest BCUT2D eigenvalue weighted by Gasteiger charge is 2.15. The van der Waals surface area contributed by atoms with Crippen molar-refractivity contribution >= 4 is 5.97 Å². The van der Waals surface area contributed by atoms with Crippen molar-refractivity contribution in [3.63, 3.8) is 0 Å². The molecular formula is C21H24O3. The summed E-state index contributed by atoms with van der Waals surface area (Å²) in [6.07, 6.45) is 6.75. The number of rotatable bonds is 6. The molecule has 0 unspecified atom stereocenters. The fourth-order valence-electron chi connectivity index (χ4n) is 3.37. The zero-order valence-electron chi connectivity index (χ0n) is 13.9. The largest absolute Gasteiger partial charge is 0.489 e. The maximum atomic E-state index is 10.7. The molecule has 1 N–H and O–H groups in total. The number of hydrogen-bond donors (Lipinski definition) is 1. The summed E-state index contributed by atoms with van der Waals surface area (Å²) in [6, 6.07) is 16.1. The van der Waals surface area contributed by atoms with Crippen LogP contribution >= 0.6 is 0 Å². The first-order valence-corrected chi connectivity index (χ1v) is 8.73. The van der Waals surface area contributed by atoms with Gasteiger partial charge >= 0.3 is 5.97 Å². The van der Waals surface area contributed by atoms with Crippen LogP contribution in [0.15, 0.2) is 48.5 Å². The van der Waals surface area contributed by atoms with Crippen molar-refractivity contribution in [2.24, 2.45) is 0 Å². The lowest BCUT2D eigenvalue weighted by Crippen LogP contribution is -2.04. The second kappa shape index (κ2) is 8.00. The molecule has 0 atom stereocenters. The number of carboxylic acid groups (broad SMARTS) is 1. The molecule has 1 saturated carbocycles. The SMILES string of the molecule is O=C(O)Cc1ccc(COc2ccc(C3CCCCC3)cc2)cc1. The molecule has 1 fully saturated rings. The van der Waals surface area contributed by atoms with E-state index < -0.39 is 5.97 Å². The molecule has 3 rings (SSSR count). The zero-order chi connectivity index (χ0) is 16.8. The number of carbonyl (C=O) groups is 1. The fourth-order valence-corrected chi connectivity index (χ4v) is 3.37. The summed E-state index contributed by atoms with van der Waals surface area (Å²) in [5.41, 5.74) is 3.28. The van der Waals surface area contributed by atoms with Gasteiger partial charge in [0.15, 0.2) is 0 Å². The van der Waals surface area contributed by atoms with E-state index in [1.807, 2.05) is 24.3 Å². The highest BCUT2D eigenvalue weighted by Crippen LogP contribution is 2.33. The predicted octanol–water partition coefficient (Wildman–Crippen LogP) is 4.94. The third-order valence-electron chi connectivity index (χ3n) is 4.74. The Morgan fingerprint density at radius 2 is 1.54 bits per heavy atom. The molecule has 0 heterocycles. The van der Waals surface area contributed by atoms with E-state index in [1.54, 1.807) is 0 Å². The lowest BCUT2D eigenvalue weighted by atomic mass is 9.84. The van der Waals surface area contributed by atoms with Gasteiger partial charge in [0.1, 0.15) is 12.4 Å². The Kier molecular flexibility index (Phi) is 5.52. The van der Waals surface area contributed by atoms with Crippen LogP contribution in [-0.2, 0) is 17.8 Å². The van der Waals surface area contributed by atoms with Crippen LogP contribution in [-0.4, -0.2) is 11.1 Å². The molecule has 0 spiro atoms. The first-order valence-electron chi connectivity index (χ1n) is 8.73. The van der Waals surface area contributed by atoms with Crippen LogP contribution in [0.3, 0.4) is 0 Å². The normalized spacial score (nSPS) is 15.2. The van der Waals surface area contributed by atoms with Crippen molar-refractivity contribution in [2.45, 2.75) is 51.0 Å². The van der Waals surface area contributed by atoms with Gasteiger partial charge in [0, 0.05) is 0 Å². The van der Waals surface area contributed by atoms with Gasteiger partial charge in [-0.2, -0.15) is 0 Å². The van der Waals surface area contributed by atoms with Gasteiger partial charge in [-0.15, -0.1) is 0 Å². The Morgan fingerprint density at radius 1 is 0.917 bits per heavy atom. The predicted molar refractivity (Wildman–Crippen MR) is 94.4 cm³/mol. The van der Waals surface area contributed by atoms with Crippen molar-refractivity contribution in [3.05, 3.63) is 65.2 Å². The molecule has 0 aliphatic heterocycles. The lowest BCUT2D eigenvalue weighted by molar-refractivity contribution is -0.136. The average Bonchev–Trinajstić information content (AvgIpc) is 2.62. The number of carboxylic acids is 1. The van der Waals surface area contributed by atoms with Gasteiger partial charge in [0.05, 0.1) is 6.42 Å². The van der Waals surface area contributed by atoms with E-state index in [-0.39, 0.29) is 6.42 Å². The molecule has 0 aromatic heterocycles. The van der Waals surface area contributed by atoms with Crippen molar-refractivity contribution in [3.8, 4) is 5.75 Å². The van der Waals surface area contributed by atoms with Crippen LogP contribution in [0.4, 0.5) is 0 Å². The molecular weight excluding hydrogens is 300 g/mol. The summed E-state index contributed by atoms with van der Waals surface area (Å²) in [5.74, 6) is 0.788. The van der Waals surface area contributed by atoms with E-state index in [0.717, 1.165) is 22.8 Å². The summed E-state index contributed by atoms with van der Waals surface area (Å²) in [7, 11) is 0. The molecule has 2 aromatic carbocycles. The second-order valence-electron chi connectivity index (χ2n) is 6.58. The minimum absolute atomic E-state index is 0.0593. The highest BCUT2D eigenvalue weighted by molar-refractivity contribution is 5.70. The van der Waals surface area contributed by atoms with E-state index in [0.29, 0.717) is 6.61 Å². The highest BCUT2D eigenvalue weighted by atomic mass is 16.5. The maximum Gasteiger partial charge on any atom is 0.307 e. The molecule has 0 amide bonds. The van der Waals surface area contributed by atoms with Crippen LogP contribution in [0.2, 0.25) is 0 Å². The molecule has 126 valence electrons. The number of ether oxygens (including phenoxy) is 1. The van der Waals surface area contributed by atoms with Crippen molar-refractivity contribution in [1.82, 2.24) is 0 Å². The van der Waals surface area contributed by atoms with Gasteiger partial charge in [0.25, 0.3) is 0 Å². The van der Waals surface area contributed by atoms with Crippen molar-refractivity contribution in [1.29, 1.82) is 0 Å². The lowest BCUT2D eigenvalue weighted by Gasteiger charge is -2.22. The Hall–Kier alpha value is -2.29. The smallest absolute Gasteiger partial charge is 0.307 e. The minimum Gasteiger partial charge on any atom is -0.489 e. The van der Waals surface area contributed by atoms with Gasteiger partial charge < -0.3 is 9.84 Å². The van der Waals surface area contributed by atoms with Crippen LogP contribution in [0.1, 0.15) is 54.7 Å². The topological polar surface area (TPSA) is 46.5 Å². The van der Waals surface area contributed by atoms with Crippen LogP contribution in [0.5, 0.6) is 5.75 Å². The van der Waals surface area contributed by atoms with Crippen LogP contribution < -0.4 is 4.74 Å². The van der Waals surface area contributed by atoms with Crippen LogP contribution in [0, 0.1) is 0 Å². The maximum absolute atomic E-state index is 10.7. The molecule has 0 radical (unpaired) electrons. The summed E-state index contributed by atoms with van der Waals surface area (Å²) < 4.78 is 5.84. The molecule has 1 aliphatic rings. The van der Waals surface area contributed by atoms with Gasteiger partial charge in [-0.05, 0) is 47.6 Å². The molecule has 3 nitrogen and oxygen atoms in total. The minimum atomic E-state index is -0.808. The average molecular weight is 324 g/mol. The first kappa shape index (κ1) is 16.6. The summed E-state index contributed by atoms with van der Waals surface area (Å²) in [4.78, 5) is 10.7. The van der Waals surface area contributed by atoms with Gasteiger partial charge in [-0.1, -0.05) is 55.7 Å². The third kappa shape index (κ3) is 4.60. The van der Waals surface area contributed by atoms with E-state index in [1.165, 1.54) is 37.7 Å². The van der Waals surface area contributed by atoms with E-state index >= 15 is 0 Å². The van der Waals surface area contributed by atoms with Gasteiger partial charge in [-0.3, -0.25) is 4.79 Å². The summed E-state index contributed by atoms with van der Waals surface area (Å²) in [5, 5.41) is 8.78. The van der Waals surface area contributed by atoms with E-state index in [9.17, 15) is 4.79 Å².